The number of fused-ring (bicyclic) bond motifs is 1. The predicted molar refractivity (Wildman–Crippen MR) is 127 cm³/mol. The lowest BCUT2D eigenvalue weighted by molar-refractivity contribution is -0.145. The molecule has 1 aliphatic rings. The lowest BCUT2D eigenvalue weighted by atomic mass is 9.88. The zero-order chi connectivity index (χ0) is 24.2. The molecule has 3 aromatic rings. The molecule has 0 bridgehead atoms. The molecule has 7 heteroatoms. The minimum absolute atomic E-state index is 0.148. The zero-order valence-electron chi connectivity index (χ0n) is 19.0. The molecule has 3 aromatic carbocycles. The number of amides is 2. The number of halogens is 1. The van der Waals surface area contributed by atoms with E-state index in [4.69, 9.17) is 4.74 Å². The smallest absolute Gasteiger partial charge is 0.329 e. The van der Waals surface area contributed by atoms with E-state index in [1.807, 2.05) is 42.5 Å². The van der Waals surface area contributed by atoms with Crippen molar-refractivity contribution in [3.63, 3.8) is 0 Å². The number of rotatable bonds is 5. The Morgan fingerprint density at radius 1 is 0.971 bits per heavy atom. The average Bonchev–Trinajstić information content (AvgIpc) is 2.84. The van der Waals surface area contributed by atoms with Crippen LogP contribution in [-0.2, 0) is 14.3 Å². The number of carbonyl (C=O) groups is 3. The summed E-state index contributed by atoms with van der Waals surface area (Å²) in [6.07, 6.45) is 0.150. The number of para-hydroxylation sites is 2. The van der Waals surface area contributed by atoms with Gasteiger partial charge in [-0.25, -0.2) is 9.18 Å². The Kier molecular flexibility index (Phi) is 6.72. The van der Waals surface area contributed by atoms with Gasteiger partial charge in [0.15, 0.2) is 0 Å². The highest BCUT2D eigenvalue weighted by atomic mass is 19.1. The van der Waals surface area contributed by atoms with Crippen LogP contribution < -0.4 is 9.80 Å². The molecule has 2 amide bonds. The van der Waals surface area contributed by atoms with Crippen molar-refractivity contribution in [3.05, 3.63) is 95.8 Å². The Morgan fingerprint density at radius 2 is 1.62 bits per heavy atom. The molecule has 0 aliphatic carbocycles. The molecule has 0 saturated heterocycles. The largest absolute Gasteiger partial charge is 0.464 e. The van der Waals surface area contributed by atoms with E-state index < -0.39 is 29.8 Å². The third kappa shape index (κ3) is 4.41. The number of esters is 1. The van der Waals surface area contributed by atoms with Gasteiger partial charge in [-0.3, -0.25) is 14.5 Å². The second kappa shape index (κ2) is 9.87. The number of hydrogen-bond acceptors (Lipinski definition) is 4. The first-order valence-electron chi connectivity index (χ1n) is 11.1. The van der Waals surface area contributed by atoms with Gasteiger partial charge < -0.3 is 9.64 Å². The maximum atomic E-state index is 13.6. The van der Waals surface area contributed by atoms with Gasteiger partial charge in [-0.1, -0.05) is 36.4 Å². The van der Waals surface area contributed by atoms with Crippen molar-refractivity contribution < 1.29 is 23.5 Å². The van der Waals surface area contributed by atoms with Crippen molar-refractivity contribution in [2.75, 3.05) is 16.4 Å². The standard InChI is InChI=1S/C27H25FN2O4/c1-3-34-27(33)25-17-24(29(18(2)31)21-9-5-4-6-10-21)22-11-7-8-12-23(22)30(25)26(32)19-13-15-20(28)16-14-19/h4-16,24-25H,3,17H2,1-2H3/t24-,25-/m1/s1. The van der Waals surface area contributed by atoms with Crippen LogP contribution in [0.5, 0.6) is 0 Å². The summed E-state index contributed by atoms with van der Waals surface area (Å²) in [7, 11) is 0. The van der Waals surface area contributed by atoms with E-state index >= 15 is 0 Å². The normalized spacial score (nSPS) is 17.0. The highest BCUT2D eigenvalue weighted by Crippen LogP contribution is 2.43. The summed E-state index contributed by atoms with van der Waals surface area (Å²) in [4.78, 5) is 42.6. The molecule has 1 heterocycles. The topological polar surface area (TPSA) is 66.9 Å². The van der Waals surface area contributed by atoms with Crippen LogP contribution in [0, 0.1) is 5.82 Å². The molecule has 0 unspecified atom stereocenters. The van der Waals surface area contributed by atoms with Crippen LogP contribution in [0.3, 0.4) is 0 Å². The highest BCUT2D eigenvalue weighted by molar-refractivity contribution is 6.10. The number of anilines is 2. The predicted octanol–water partition coefficient (Wildman–Crippen LogP) is 4.90. The van der Waals surface area contributed by atoms with Gasteiger partial charge in [0, 0.05) is 24.6 Å². The quantitative estimate of drug-likeness (QED) is 0.508. The summed E-state index contributed by atoms with van der Waals surface area (Å²) in [5.74, 6) is -1.66. The van der Waals surface area contributed by atoms with Crippen LogP contribution in [0.2, 0.25) is 0 Å². The molecule has 174 valence electrons. The van der Waals surface area contributed by atoms with Gasteiger partial charge in [0.2, 0.25) is 5.91 Å². The van der Waals surface area contributed by atoms with Gasteiger partial charge in [-0.15, -0.1) is 0 Å². The second-order valence-electron chi connectivity index (χ2n) is 7.98. The molecule has 4 rings (SSSR count). The van der Waals surface area contributed by atoms with Gasteiger partial charge in [-0.2, -0.15) is 0 Å². The van der Waals surface area contributed by atoms with E-state index in [9.17, 15) is 18.8 Å². The van der Waals surface area contributed by atoms with E-state index in [-0.39, 0.29) is 24.5 Å². The Labute approximate surface area is 197 Å². The fourth-order valence-corrected chi connectivity index (χ4v) is 4.44. The first kappa shape index (κ1) is 23.2. The number of ether oxygens (including phenoxy) is 1. The van der Waals surface area contributed by atoms with Crippen molar-refractivity contribution in [1.29, 1.82) is 0 Å². The summed E-state index contributed by atoms with van der Waals surface area (Å²) in [6.45, 7) is 3.32. The van der Waals surface area contributed by atoms with Crippen LogP contribution in [-0.4, -0.2) is 30.4 Å². The van der Waals surface area contributed by atoms with Crippen LogP contribution >= 0.6 is 0 Å². The van der Waals surface area contributed by atoms with Crippen LogP contribution in [0.15, 0.2) is 78.9 Å². The molecule has 0 saturated carbocycles. The maximum absolute atomic E-state index is 13.6. The van der Waals surface area contributed by atoms with Crippen molar-refractivity contribution in [1.82, 2.24) is 0 Å². The van der Waals surface area contributed by atoms with Crippen molar-refractivity contribution >= 4 is 29.2 Å². The minimum atomic E-state index is -0.969. The lowest BCUT2D eigenvalue weighted by Gasteiger charge is -2.43. The molecular formula is C27H25FN2O4. The van der Waals surface area contributed by atoms with Gasteiger partial charge >= 0.3 is 5.97 Å². The van der Waals surface area contributed by atoms with Crippen molar-refractivity contribution in [2.45, 2.75) is 32.4 Å². The Morgan fingerprint density at radius 3 is 2.26 bits per heavy atom. The molecule has 6 nitrogen and oxygen atoms in total. The highest BCUT2D eigenvalue weighted by Gasteiger charge is 2.43. The van der Waals surface area contributed by atoms with Gasteiger partial charge in [0.05, 0.1) is 18.3 Å². The summed E-state index contributed by atoms with van der Waals surface area (Å²) < 4.78 is 18.8. The number of hydrogen-bond donors (Lipinski definition) is 0. The fourth-order valence-electron chi connectivity index (χ4n) is 4.44. The average molecular weight is 461 g/mol. The molecule has 2 atom stereocenters. The molecular weight excluding hydrogens is 435 g/mol. The van der Waals surface area contributed by atoms with E-state index in [1.165, 1.54) is 36.1 Å². The van der Waals surface area contributed by atoms with Crippen LogP contribution in [0.1, 0.15) is 42.2 Å². The van der Waals surface area contributed by atoms with Crippen LogP contribution in [0.4, 0.5) is 15.8 Å². The number of nitrogens with zero attached hydrogens (tertiary/aromatic N) is 2. The van der Waals surface area contributed by atoms with E-state index in [0.29, 0.717) is 11.4 Å². The van der Waals surface area contributed by atoms with E-state index in [2.05, 4.69) is 0 Å². The van der Waals surface area contributed by atoms with Crippen molar-refractivity contribution in [3.8, 4) is 0 Å². The van der Waals surface area contributed by atoms with E-state index in [0.717, 1.165) is 5.56 Å². The summed E-state index contributed by atoms with van der Waals surface area (Å²) >= 11 is 0. The number of carbonyl (C=O) groups excluding carboxylic acids is 3. The molecule has 0 fully saturated rings. The van der Waals surface area contributed by atoms with Gasteiger partial charge in [0.1, 0.15) is 11.9 Å². The molecule has 0 spiro atoms. The Hall–Kier alpha value is -4.00. The molecule has 1 aliphatic heterocycles. The first-order chi connectivity index (χ1) is 16.4. The Bertz CT molecular complexity index is 1200. The zero-order valence-corrected chi connectivity index (χ0v) is 19.0. The second-order valence-corrected chi connectivity index (χ2v) is 7.98. The summed E-state index contributed by atoms with van der Waals surface area (Å²) in [5, 5.41) is 0. The van der Waals surface area contributed by atoms with Crippen LogP contribution in [0.25, 0.3) is 0 Å². The summed E-state index contributed by atoms with van der Waals surface area (Å²) in [6, 6.07) is 20.1. The number of benzene rings is 3. The fraction of sp³-hybridized carbons (Fsp3) is 0.222. The van der Waals surface area contributed by atoms with Gasteiger partial charge in [-0.05, 0) is 55.0 Å². The molecule has 0 radical (unpaired) electrons. The monoisotopic (exact) mass is 460 g/mol. The Balaban J connectivity index is 1.86. The van der Waals surface area contributed by atoms with Crippen molar-refractivity contribution in [2.24, 2.45) is 0 Å². The molecule has 0 N–H and O–H groups in total. The molecule has 0 aromatic heterocycles. The third-order valence-corrected chi connectivity index (χ3v) is 5.87. The molecule has 34 heavy (non-hydrogen) atoms. The van der Waals surface area contributed by atoms with Gasteiger partial charge in [0.25, 0.3) is 5.91 Å². The summed E-state index contributed by atoms with van der Waals surface area (Å²) in [5.41, 5.74) is 2.18. The SMILES string of the molecule is CCOC(=O)[C@H]1C[C@@H](N(C(C)=O)c2ccccc2)c2ccccc2N1C(=O)c1ccc(F)cc1. The third-order valence-electron chi connectivity index (χ3n) is 5.87. The van der Waals surface area contributed by atoms with E-state index in [1.54, 1.807) is 24.0 Å². The lowest BCUT2D eigenvalue weighted by Crippen LogP contribution is -2.52. The first-order valence-corrected chi connectivity index (χ1v) is 11.1. The minimum Gasteiger partial charge on any atom is -0.464 e. The maximum Gasteiger partial charge on any atom is 0.329 e.